The average Bonchev–Trinajstić information content (AvgIpc) is 3.32. The third-order valence-corrected chi connectivity index (χ3v) is 6.65. The molecule has 0 bridgehead atoms. The van der Waals surface area contributed by atoms with Crippen LogP contribution >= 0.6 is 23.8 Å². The van der Waals surface area contributed by atoms with Crippen LogP contribution in [-0.2, 0) is 0 Å². The molecule has 33 heavy (non-hydrogen) atoms. The SMILES string of the molecule is Cc1cc(C2C(c3ccccn3)NC(=S)N2c2ccccc2)c(C)n1-c1cc(Cl)ccc1O. The number of phenols is 1. The zero-order chi connectivity index (χ0) is 23.1. The van der Waals surface area contributed by atoms with Crippen molar-refractivity contribution in [3.05, 3.63) is 107 Å². The van der Waals surface area contributed by atoms with Crippen LogP contribution in [0.1, 0.15) is 34.7 Å². The summed E-state index contributed by atoms with van der Waals surface area (Å²) in [4.78, 5) is 6.78. The average molecular weight is 475 g/mol. The number of aromatic nitrogens is 2. The van der Waals surface area contributed by atoms with Gasteiger partial charge < -0.3 is 19.9 Å². The Kier molecular flexibility index (Phi) is 5.56. The second-order valence-corrected chi connectivity index (χ2v) is 8.95. The van der Waals surface area contributed by atoms with Crippen molar-refractivity contribution in [3.63, 3.8) is 0 Å². The van der Waals surface area contributed by atoms with Gasteiger partial charge in [-0.15, -0.1) is 0 Å². The van der Waals surface area contributed by atoms with Gasteiger partial charge in [0.25, 0.3) is 0 Å². The number of nitrogens with one attached hydrogen (secondary N) is 1. The Morgan fingerprint density at radius 2 is 1.76 bits per heavy atom. The van der Waals surface area contributed by atoms with E-state index in [1.807, 2.05) is 47.9 Å². The number of nitrogens with zero attached hydrogens (tertiary/aromatic N) is 3. The first-order valence-electron chi connectivity index (χ1n) is 10.7. The Hall–Kier alpha value is -3.35. The molecule has 4 aromatic rings. The molecule has 0 radical (unpaired) electrons. The van der Waals surface area contributed by atoms with Gasteiger partial charge in [-0.1, -0.05) is 35.9 Å². The Morgan fingerprint density at radius 3 is 2.48 bits per heavy atom. The summed E-state index contributed by atoms with van der Waals surface area (Å²) in [6, 6.07) is 23.0. The lowest BCUT2D eigenvalue weighted by Gasteiger charge is -2.28. The molecule has 166 valence electrons. The normalized spacial score (nSPS) is 17.9. The summed E-state index contributed by atoms with van der Waals surface area (Å²) in [6.45, 7) is 4.09. The first kappa shape index (κ1) is 21.5. The zero-order valence-electron chi connectivity index (χ0n) is 18.2. The van der Waals surface area contributed by atoms with Crippen molar-refractivity contribution >= 4 is 34.6 Å². The molecule has 5 rings (SSSR count). The van der Waals surface area contributed by atoms with Gasteiger partial charge in [0.1, 0.15) is 5.75 Å². The number of anilines is 1. The molecule has 3 heterocycles. The van der Waals surface area contributed by atoms with Crippen LogP contribution in [0, 0.1) is 13.8 Å². The van der Waals surface area contributed by atoms with Crippen molar-refractivity contribution < 1.29 is 5.11 Å². The Morgan fingerprint density at radius 1 is 1.00 bits per heavy atom. The number of benzene rings is 2. The van der Waals surface area contributed by atoms with E-state index in [4.69, 9.17) is 23.8 Å². The Labute approximate surface area is 203 Å². The van der Waals surface area contributed by atoms with Crippen molar-refractivity contribution in [2.24, 2.45) is 0 Å². The summed E-state index contributed by atoms with van der Waals surface area (Å²) < 4.78 is 2.04. The fourth-order valence-electron chi connectivity index (χ4n) is 4.67. The molecule has 5 nitrogen and oxygen atoms in total. The number of thiocarbonyl (C=S) groups is 1. The highest BCUT2D eigenvalue weighted by Crippen LogP contribution is 2.44. The van der Waals surface area contributed by atoms with E-state index in [2.05, 4.69) is 40.3 Å². The second-order valence-electron chi connectivity index (χ2n) is 8.13. The van der Waals surface area contributed by atoms with E-state index in [1.165, 1.54) is 0 Å². The first-order valence-corrected chi connectivity index (χ1v) is 11.5. The van der Waals surface area contributed by atoms with Crippen LogP contribution in [-0.4, -0.2) is 19.8 Å². The number of rotatable bonds is 4. The predicted octanol–water partition coefficient (Wildman–Crippen LogP) is 6.03. The lowest BCUT2D eigenvalue weighted by atomic mass is 9.96. The Balaban J connectivity index is 1.70. The number of pyridine rings is 1. The van der Waals surface area contributed by atoms with Gasteiger partial charge in [0.2, 0.25) is 0 Å². The third-order valence-electron chi connectivity index (χ3n) is 6.10. The number of phenolic OH excluding ortho intramolecular Hbond substituents is 1. The van der Waals surface area contributed by atoms with E-state index in [1.54, 1.807) is 24.4 Å². The number of aromatic hydroxyl groups is 1. The molecule has 1 aliphatic rings. The van der Waals surface area contributed by atoms with Crippen LogP contribution in [0.25, 0.3) is 5.69 Å². The molecule has 0 spiro atoms. The summed E-state index contributed by atoms with van der Waals surface area (Å²) in [5.41, 5.74) is 5.67. The summed E-state index contributed by atoms with van der Waals surface area (Å²) in [6.07, 6.45) is 1.80. The molecular formula is C26H23ClN4OS. The molecule has 2 N–H and O–H groups in total. The lowest BCUT2D eigenvalue weighted by Crippen LogP contribution is -2.29. The number of aryl methyl sites for hydroxylation is 1. The maximum absolute atomic E-state index is 10.6. The highest BCUT2D eigenvalue weighted by Gasteiger charge is 2.42. The van der Waals surface area contributed by atoms with E-state index in [-0.39, 0.29) is 17.8 Å². The summed E-state index contributed by atoms with van der Waals surface area (Å²) in [5, 5.41) is 15.3. The standard InChI is InChI=1S/C26H23ClN4OS/c1-16-14-20(17(2)30(16)22-15-18(27)11-12-23(22)32)25-24(21-10-6-7-13-28-21)29-26(33)31(25)19-8-4-3-5-9-19/h3-15,24-25,32H,1-2H3,(H,29,33). The maximum Gasteiger partial charge on any atom is 0.174 e. The molecule has 1 aliphatic heterocycles. The lowest BCUT2D eigenvalue weighted by molar-refractivity contribution is 0.471. The third kappa shape index (κ3) is 3.75. The molecule has 0 aliphatic carbocycles. The van der Waals surface area contributed by atoms with Crippen LogP contribution in [0.15, 0.2) is 79.0 Å². The highest BCUT2D eigenvalue weighted by atomic mass is 35.5. The van der Waals surface area contributed by atoms with E-state index in [0.717, 1.165) is 28.3 Å². The van der Waals surface area contributed by atoms with Gasteiger partial charge in [-0.25, -0.2) is 0 Å². The number of hydrogen-bond acceptors (Lipinski definition) is 3. The zero-order valence-corrected chi connectivity index (χ0v) is 19.8. The quantitative estimate of drug-likeness (QED) is 0.354. The number of para-hydroxylation sites is 1. The molecular weight excluding hydrogens is 452 g/mol. The fourth-order valence-corrected chi connectivity index (χ4v) is 5.18. The van der Waals surface area contributed by atoms with Gasteiger partial charge in [-0.05, 0) is 80.2 Å². The summed E-state index contributed by atoms with van der Waals surface area (Å²) in [5.74, 6) is 0.175. The minimum atomic E-state index is -0.138. The van der Waals surface area contributed by atoms with Crippen molar-refractivity contribution in [2.45, 2.75) is 25.9 Å². The van der Waals surface area contributed by atoms with Crippen LogP contribution in [0.3, 0.4) is 0 Å². The van der Waals surface area contributed by atoms with E-state index < -0.39 is 0 Å². The second kappa shape index (κ2) is 8.54. The number of halogens is 1. The van der Waals surface area contributed by atoms with E-state index >= 15 is 0 Å². The monoisotopic (exact) mass is 474 g/mol. The van der Waals surface area contributed by atoms with Gasteiger partial charge in [0.05, 0.1) is 23.5 Å². The van der Waals surface area contributed by atoms with Crippen molar-refractivity contribution in [1.29, 1.82) is 0 Å². The van der Waals surface area contributed by atoms with Crippen molar-refractivity contribution in [3.8, 4) is 11.4 Å². The predicted molar refractivity (Wildman–Crippen MR) is 136 cm³/mol. The molecule has 1 saturated heterocycles. The largest absolute Gasteiger partial charge is 0.506 e. The minimum Gasteiger partial charge on any atom is -0.506 e. The van der Waals surface area contributed by atoms with Crippen LogP contribution < -0.4 is 10.2 Å². The van der Waals surface area contributed by atoms with Crippen molar-refractivity contribution in [1.82, 2.24) is 14.9 Å². The van der Waals surface area contributed by atoms with Gasteiger partial charge >= 0.3 is 0 Å². The highest BCUT2D eigenvalue weighted by molar-refractivity contribution is 7.80. The molecule has 2 aromatic heterocycles. The van der Waals surface area contributed by atoms with E-state index in [9.17, 15) is 5.11 Å². The smallest absolute Gasteiger partial charge is 0.174 e. The molecule has 2 atom stereocenters. The van der Waals surface area contributed by atoms with Gasteiger partial charge in [0.15, 0.2) is 5.11 Å². The molecule has 0 amide bonds. The van der Waals surface area contributed by atoms with E-state index in [0.29, 0.717) is 15.8 Å². The summed E-state index contributed by atoms with van der Waals surface area (Å²) in [7, 11) is 0. The molecule has 7 heteroatoms. The van der Waals surface area contributed by atoms with Gasteiger partial charge in [-0.2, -0.15) is 0 Å². The van der Waals surface area contributed by atoms with Crippen LogP contribution in [0.2, 0.25) is 5.02 Å². The maximum atomic E-state index is 10.6. The van der Waals surface area contributed by atoms with Gasteiger partial charge in [0, 0.05) is 28.3 Å². The summed E-state index contributed by atoms with van der Waals surface area (Å²) >= 11 is 12.1. The van der Waals surface area contributed by atoms with Crippen molar-refractivity contribution in [2.75, 3.05) is 4.90 Å². The van der Waals surface area contributed by atoms with Crippen LogP contribution in [0.4, 0.5) is 5.69 Å². The molecule has 2 unspecified atom stereocenters. The topological polar surface area (TPSA) is 53.3 Å². The number of hydrogen-bond donors (Lipinski definition) is 2. The Bertz CT molecular complexity index is 1320. The fraction of sp³-hybridized carbons (Fsp3) is 0.154. The first-order chi connectivity index (χ1) is 16.0. The van der Waals surface area contributed by atoms with Gasteiger partial charge in [-0.3, -0.25) is 4.98 Å². The molecule has 1 fully saturated rings. The minimum absolute atomic E-state index is 0.129. The molecule has 2 aromatic carbocycles. The molecule has 0 saturated carbocycles. The van der Waals surface area contributed by atoms with Crippen LogP contribution in [0.5, 0.6) is 5.75 Å².